The Hall–Kier alpha value is -2.68. The van der Waals surface area contributed by atoms with Crippen molar-refractivity contribution >= 4 is 5.97 Å². The Labute approximate surface area is 90.4 Å². The predicted molar refractivity (Wildman–Crippen MR) is 53.0 cm³/mol. The summed E-state index contributed by atoms with van der Waals surface area (Å²) in [5, 5.41) is 21.2. The maximum atomic E-state index is 10.6. The average molecular weight is 214 g/mol. The molecule has 0 saturated carbocycles. The van der Waals surface area contributed by atoms with Gasteiger partial charge in [0.2, 0.25) is 0 Å². The van der Waals surface area contributed by atoms with E-state index in [2.05, 4.69) is 10.1 Å². The number of nitriles is 1. The molecule has 6 nitrogen and oxygen atoms in total. The zero-order chi connectivity index (χ0) is 11.5. The lowest BCUT2D eigenvalue weighted by Gasteiger charge is -1.98. The van der Waals surface area contributed by atoms with Crippen LogP contribution in [0.5, 0.6) is 0 Å². The van der Waals surface area contributed by atoms with E-state index >= 15 is 0 Å². The van der Waals surface area contributed by atoms with Crippen LogP contribution in [0.3, 0.4) is 0 Å². The topological polar surface area (TPSA) is 91.8 Å². The Morgan fingerprint density at radius 3 is 2.75 bits per heavy atom. The quantitative estimate of drug-likeness (QED) is 0.799. The Balaban J connectivity index is 2.36. The summed E-state index contributed by atoms with van der Waals surface area (Å²) < 4.78 is 1.39. The number of aromatic carboxylic acids is 1. The lowest BCUT2D eigenvalue weighted by molar-refractivity contribution is 0.0697. The average Bonchev–Trinajstić information content (AvgIpc) is 2.78. The number of carboxylic acids is 1. The molecule has 0 aliphatic heterocycles. The zero-order valence-corrected chi connectivity index (χ0v) is 8.03. The molecular formula is C10H6N4O2. The molecule has 0 saturated heterocycles. The van der Waals surface area contributed by atoms with Crippen LogP contribution in [0.4, 0.5) is 0 Å². The van der Waals surface area contributed by atoms with E-state index in [1.54, 1.807) is 6.07 Å². The first-order valence-corrected chi connectivity index (χ1v) is 4.35. The molecule has 0 aliphatic rings. The lowest BCUT2D eigenvalue weighted by atomic mass is 10.3. The van der Waals surface area contributed by atoms with Gasteiger partial charge in [0.25, 0.3) is 0 Å². The van der Waals surface area contributed by atoms with Gasteiger partial charge in [-0.3, -0.25) is 0 Å². The van der Waals surface area contributed by atoms with Crippen molar-refractivity contribution in [3.8, 4) is 11.8 Å². The number of hydrogen-bond donors (Lipinski definition) is 1. The van der Waals surface area contributed by atoms with Crippen LogP contribution >= 0.6 is 0 Å². The fourth-order valence-corrected chi connectivity index (χ4v) is 1.16. The highest BCUT2D eigenvalue weighted by molar-refractivity contribution is 5.86. The summed E-state index contributed by atoms with van der Waals surface area (Å²) in [5.41, 5.74) is 1.00. The third-order valence-electron chi connectivity index (χ3n) is 1.96. The first-order valence-electron chi connectivity index (χ1n) is 4.35. The van der Waals surface area contributed by atoms with E-state index in [0.29, 0.717) is 11.4 Å². The van der Waals surface area contributed by atoms with Crippen LogP contribution in [0.1, 0.15) is 16.1 Å². The van der Waals surface area contributed by atoms with E-state index in [-0.39, 0.29) is 5.56 Å². The molecule has 0 fully saturated rings. The molecule has 2 aromatic heterocycles. The highest BCUT2D eigenvalue weighted by atomic mass is 16.4. The molecule has 6 heteroatoms. The van der Waals surface area contributed by atoms with Crippen molar-refractivity contribution in [2.24, 2.45) is 0 Å². The van der Waals surface area contributed by atoms with E-state index < -0.39 is 5.97 Å². The molecule has 2 heterocycles. The fourth-order valence-electron chi connectivity index (χ4n) is 1.16. The molecule has 0 spiro atoms. The van der Waals surface area contributed by atoms with Gasteiger partial charge in [-0.05, 0) is 12.1 Å². The molecule has 2 rings (SSSR count). The predicted octanol–water partition coefficient (Wildman–Crippen LogP) is 0.837. The van der Waals surface area contributed by atoms with E-state index in [9.17, 15) is 4.79 Å². The highest BCUT2D eigenvalue weighted by Crippen LogP contribution is 2.07. The van der Waals surface area contributed by atoms with Crippen molar-refractivity contribution in [3.63, 3.8) is 0 Å². The molecule has 16 heavy (non-hydrogen) atoms. The summed E-state index contributed by atoms with van der Waals surface area (Å²) in [7, 11) is 0. The Morgan fingerprint density at radius 1 is 1.44 bits per heavy atom. The monoisotopic (exact) mass is 214 g/mol. The van der Waals surface area contributed by atoms with Crippen LogP contribution in [-0.4, -0.2) is 25.8 Å². The Bertz CT molecular complexity index is 565. The first kappa shape index (κ1) is 9.86. The number of nitrogens with zero attached hydrogens (tertiary/aromatic N) is 4. The van der Waals surface area contributed by atoms with Gasteiger partial charge in [-0.15, -0.1) is 0 Å². The SMILES string of the molecule is N#Cc1ccc(-n2cc(C(=O)O)cn2)cn1. The number of rotatable bonds is 2. The van der Waals surface area contributed by atoms with Crippen molar-refractivity contribution < 1.29 is 9.90 Å². The molecule has 78 valence electrons. The van der Waals surface area contributed by atoms with Gasteiger partial charge in [-0.25, -0.2) is 14.5 Å². The molecule has 0 radical (unpaired) electrons. The summed E-state index contributed by atoms with van der Waals surface area (Å²) in [6.45, 7) is 0. The molecular weight excluding hydrogens is 208 g/mol. The number of hydrogen-bond acceptors (Lipinski definition) is 4. The van der Waals surface area contributed by atoms with E-state index in [4.69, 9.17) is 10.4 Å². The molecule has 0 aromatic carbocycles. The van der Waals surface area contributed by atoms with E-state index in [1.165, 1.54) is 29.3 Å². The van der Waals surface area contributed by atoms with Gasteiger partial charge in [0.15, 0.2) is 0 Å². The molecule has 0 amide bonds. The minimum atomic E-state index is -1.03. The Kier molecular flexibility index (Phi) is 2.36. The third-order valence-corrected chi connectivity index (χ3v) is 1.96. The second-order valence-electron chi connectivity index (χ2n) is 2.99. The first-order chi connectivity index (χ1) is 7.70. The van der Waals surface area contributed by atoms with Gasteiger partial charge in [0.1, 0.15) is 11.8 Å². The molecule has 0 atom stereocenters. The van der Waals surface area contributed by atoms with Gasteiger partial charge in [-0.1, -0.05) is 0 Å². The van der Waals surface area contributed by atoms with Gasteiger partial charge in [0, 0.05) is 6.20 Å². The fraction of sp³-hybridized carbons (Fsp3) is 0. The van der Waals surface area contributed by atoms with Gasteiger partial charge < -0.3 is 5.11 Å². The third kappa shape index (κ3) is 1.74. The molecule has 1 N–H and O–H groups in total. The van der Waals surface area contributed by atoms with Crippen LogP contribution in [0.15, 0.2) is 30.7 Å². The summed E-state index contributed by atoms with van der Waals surface area (Å²) in [6, 6.07) is 5.08. The summed E-state index contributed by atoms with van der Waals surface area (Å²) in [6.07, 6.45) is 4.09. The van der Waals surface area contributed by atoms with Crippen molar-refractivity contribution in [2.75, 3.05) is 0 Å². The van der Waals surface area contributed by atoms with Crippen LogP contribution in [0.2, 0.25) is 0 Å². The molecule has 0 aliphatic carbocycles. The summed E-state index contributed by atoms with van der Waals surface area (Å²) in [5.74, 6) is -1.03. The van der Waals surface area contributed by atoms with E-state index in [1.807, 2.05) is 6.07 Å². The highest BCUT2D eigenvalue weighted by Gasteiger charge is 2.07. The van der Waals surface area contributed by atoms with Crippen LogP contribution in [0.25, 0.3) is 5.69 Å². The standard InChI is InChI=1S/C10H6N4O2/c11-3-8-1-2-9(5-12-8)14-6-7(4-13-14)10(15)16/h1-2,4-6H,(H,15,16). The summed E-state index contributed by atoms with van der Waals surface area (Å²) >= 11 is 0. The lowest BCUT2D eigenvalue weighted by Crippen LogP contribution is -1.96. The van der Waals surface area contributed by atoms with Crippen LogP contribution in [-0.2, 0) is 0 Å². The smallest absolute Gasteiger partial charge is 0.338 e. The van der Waals surface area contributed by atoms with Crippen LogP contribution < -0.4 is 0 Å². The van der Waals surface area contributed by atoms with Crippen molar-refractivity contribution in [1.29, 1.82) is 5.26 Å². The number of aromatic nitrogens is 3. The van der Waals surface area contributed by atoms with Crippen molar-refractivity contribution in [1.82, 2.24) is 14.8 Å². The Morgan fingerprint density at radius 2 is 2.25 bits per heavy atom. The van der Waals surface area contributed by atoms with Crippen molar-refractivity contribution in [2.45, 2.75) is 0 Å². The maximum absolute atomic E-state index is 10.6. The van der Waals surface area contributed by atoms with Crippen LogP contribution in [0, 0.1) is 11.3 Å². The number of pyridine rings is 1. The van der Waals surface area contributed by atoms with Gasteiger partial charge >= 0.3 is 5.97 Å². The normalized spacial score (nSPS) is 9.69. The zero-order valence-electron chi connectivity index (χ0n) is 8.03. The second kappa shape index (κ2) is 3.82. The molecule has 0 bridgehead atoms. The van der Waals surface area contributed by atoms with Crippen molar-refractivity contribution in [3.05, 3.63) is 42.0 Å². The number of carbonyl (C=O) groups is 1. The maximum Gasteiger partial charge on any atom is 0.338 e. The molecule has 2 aromatic rings. The minimum Gasteiger partial charge on any atom is -0.478 e. The second-order valence-corrected chi connectivity index (χ2v) is 2.99. The largest absolute Gasteiger partial charge is 0.478 e. The minimum absolute atomic E-state index is 0.101. The van der Waals surface area contributed by atoms with Gasteiger partial charge in [0.05, 0.1) is 23.6 Å². The van der Waals surface area contributed by atoms with Gasteiger partial charge in [-0.2, -0.15) is 10.4 Å². The number of carboxylic acid groups (broad SMARTS) is 1. The van der Waals surface area contributed by atoms with E-state index in [0.717, 1.165) is 0 Å². The molecule has 0 unspecified atom stereocenters. The summed E-state index contributed by atoms with van der Waals surface area (Å²) in [4.78, 5) is 14.5.